The van der Waals surface area contributed by atoms with Crippen LogP contribution in [-0.4, -0.2) is 9.97 Å². The predicted octanol–water partition coefficient (Wildman–Crippen LogP) is 13.8. The molecule has 0 fully saturated rings. The number of nitrogens with zero attached hydrogens (tertiary/aromatic N) is 2. The van der Waals surface area contributed by atoms with Crippen LogP contribution in [0.1, 0.15) is 22.3 Å². The number of aromatic nitrogens is 2. The number of hydrogen-bond acceptors (Lipinski definition) is 3. The lowest BCUT2D eigenvalue weighted by Crippen LogP contribution is -2.33. The number of benzene rings is 9. The van der Waals surface area contributed by atoms with Gasteiger partial charge in [-0.2, -0.15) is 0 Å². The lowest BCUT2D eigenvalue weighted by molar-refractivity contribution is 0.730. The summed E-state index contributed by atoms with van der Waals surface area (Å²) in [5.41, 5.74) is 13.4. The summed E-state index contributed by atoms with van der Waals surface area (Å²) in [6.45, 7) is 0. The third-order valence-electron chi connectivity index (χ3n) is 11.9. The van der Waals surface area contributed by atoms with Crippen molar-refractivity contribution in [2.24, 2.45) is 0 Å². The van der Waals surface area contributed by atoms with E-state index in [0.29, 0.717) is 0 Å². The number of hydrogen-bond donors (Lipinski definition) is 0. The molecule has 2 heterocycles. The van der Waals surface area contributed by atoms with E-state index in [9.17, 15) is 0 Å². The molecule has 0 bridgehead atoms. The van der Waals surface area contributed by atoms with Crippen molar-refractivity contribution < 1.29 is 0 Å². The molecule has 0 radical (unpaired) electrons. The largest absolute Gasteiger partial charge is 0.228 e. The Labute approximate surface area is 329 Å². The lowest BCUT2D eigenvalue weighted by Gasteiger charge is -2.41. The van der Waals surface area contributed by atoms with Crippen molar-refractivity contribution in [3.8, 4) is 44.9 Å². The minimum atomic E-state index is -0.612. The van der Waals surface area contributed by atoms with Gasteiger partial charge in [-0.15, -0.1) is 0 Å². The number of fused-ring (bicyclic) bond motifs is 14. The van der Waals surface area contributed by atoms with Gasteiger partial charge < -0.3 is 0 Å². The normalized spacial score (nSPS) is 13.4. The van der Waals surface area contributed by atoms with Crippen LogP contribution in [0.15, 0.2) is 204 Å². The number of para-hydroxylation sites is 1. The highest BCUT2D eigenvalue weighted by molar-refractivity contribution is 8.00. The molecule has 12 rings (SSSR count). The Balaban J connectivity index is 1.18. The van der Waals surface area contributed by atoms with Gasteiger partial charge in [0, 0.05) is 26.3 Å². The minimum absolute atomic E-state index is 0.612. The molecule has 1 aromatic heterocycles. The molecule has 0 saturated heterocycles. The number of rotatable bonds is 3. The summed E-state index contributed by atoms with van der Waals surface area (Å²) in [5, 5.41) is 6.09. The molecule has 0 unspecified atom stereocenters. The molecule has 10 aromatic rings. The summed E-state index contributed by atoms with van der Waals surface area (Å²) >= 11 is 1.92. The van der Waals surface area contributed by atoms with Crippen molar-refractivity contribution in [2.45, 2.75) is 15.2 Å². The molecule has 0 saturated carbocycles. The van der Waals surface area contributed by atoms with E-state index in [1.807, 2.05) is 11.8 Å². The van der Waals surface area contributed by atoms with E-state index in [0.717, 1.165) is 33.5 Å². The molecule has 56 heavy (non-hydrogen) atoms. The second-order valence-corrected chi connectivity index (χ2v) is 15.8. The van der Waals surface area contributed by atoms with Crippen LogP contribution in [0.3, 0.4) is 0 Å². The van der Waals surface area contributed by atoms with Crippen molar-refractivity contribution in [1.82, 2.24) is 9.97 Å². The molecule has 3 heteroatoms. The summed E-state index contributed by atoms with van der Waals surface area (Å²) in [5.74, 6) is 0.734. The van der Waals surface area contributed by atoms with E-state index in [1.165, 1.54) is 75.8 Å². The van der Waals surface area contributed by atoms with Gasteiger partial charge in [0.25, 0.3) is 0 Å². The lowest BCUT2D eigenvalue weighted by atomic mass is 9.65. The van der Waals surface area contributed by atoms with Gasteiger partial charge in [-0.25, -0.2) is 9.97 Å². The van der Waals surface area contributed by atoms with Crippen LogP contribution in [0.5, 0.6) is 0 Å². The molecular weight excluding hydrogens is 697 g/mol. The van der Waals surface area contributed by atoms with Gasteiger partial charge in [-0.05, 0) is 72.1 Å². The maximum Gasteiger partial charge on any atom is 0.160 e. The second-order valence-electron chi connectivity index (χ2n) is 14.8. The quantitative estimate of drug-likeness (QED) is 0.181. The van der Waals surface area contributed by atoms with Crippen LogP contribution in [0.25, 0.3) is 77.3 Å². The van der Waals surface area contributed by atoms with E-state index >= 15 is 0 Å². The van der Waals surface area contributed by atoms with Crippen LogP contribution < -0.4 is 0 Å². The van der Waals surface area contributed by atoms with Gasteiger partial charge in [0.15, 0.2) is 5.82 Å². The van der Waals surface area contributed by atoms with Crippen molar-refractivity contribution in [2.75, 3.05) is 0 Å². The molecule has 0 atom stereocenters. The zero-order chi connectivity index (χ0) is 36.8. The van der Waals surface area contributed by atoms with E-state index in [2.05, 4.69) is 194 Å². The first-order valence-electron chi connectivity index (χ1n) is 19.2. The Morgan fingerprint density at radius 3 is 1.64 bits per heavy atom. The highest BCUT2D eigenvalue weighted by Gasteiger charge is 2.52. The second kappa shape index (κ2) is 12.1. The smallest absolute Gasteiger partial charge is 0.160 e. The fraction of sp³-hybridized carbons (Fsp3) is 0.0189. The van der Waals surface area contributed by atoms with E-state index in [4.69, 9.17) is 9.97 Å². The monoisotopic (exact) mass is 728 g/mol. The molecule has 0 amide bonds. The zero-order valence-corrected chi connectivity index (χ0v) is 31.1. The third kappa shape index (κ3) is 4.40. The molecular formula is C53H32N2S. The highest BCUT2D eigenvalue weighted by Crippen LogP contribution is 2.65. The summed E-state index contributed by atoms with van der Waals surface area (Å²) in [7, 11) is 0. The van der Waals surface area contributed by atoms with Crippen molar-refractivity contribution in [1.29, 1.82) is 0 Å². The Morgan fingerprint density at radius 2 is 0.911 bits per heavy atom. The van der Waals surface area contributed by atoms with Crippen LogP contribution in [0.4, 0.5) is 0 Å². The Bertz CT molecular complexity index is 3140. The van der Waals surface area contributed by atoms with Gasteiger partial charge in [-0.1, -0.05) is 200 Å². The van der Waals surface area contributed by atoms with E-state index < -0.39 is 5.41 Å². The molecule has 260 valence electrons. The first kappa shape index (κ1) is 31.5. The third-order valence-corrected chi connectivity index (χ3v) is 13.2. The standard InChI is InChI=1S/C53H32N2S/c1-2-13-33(14-3-1)34-25-27-37(28-26-34)49-42-20-9-11-24-47(42)54-52(55-49)43-22-12-21-41-40-19-8-10-23-44(40)53(48(41)43)45-31-29-35-15-4-6-17-38(35)50(45)56-51-39-18-7-5-16-36(39)30-32-46(51)53/h1-32H. The van der Waals surface area contributed by atoms with Gasteiger partial charge >= 0.3 is 0 Å². The fourth-order valence-corrected chi connectivity index (χ4v) is 11.0. The minimum Gasteiger partial charge on any atom is -0.228 e. The molecule has 2 aliphatic rings. The average molecular weight is 729 g/mol. The summed E-state index contributed by atoms with van der Waals surface area (Å²) in [6, 6.07) is 70.7. The fourth-order valence-electron chi connectivity index (χ4n) is 9.52. The summed E-state index contributed by atoms with van der Waals surface area (Å²) in [6.07, 6.45) is 0. The topological polar surface area (TPSA) is 25.8 Å². The van der Waals surface area contributed by atoms with E-state index in [-0.39, 0.29) is 0 Å². The summed E-state index contributed by atoms with van der Waals surface area (Å²) in [4.78, 5) is 13.6. The molecule has 9 aromatic carbocycles. The van der Waals surface area contributed by atoms with Gasteiger partial charge in [0.2, 0.25) is 0 Å². The van der Waals surface area contributed by atoms with Gasteiger partial charge in [0.05, 0.1) is 16.6 Å². The average Bonchev–Trinajstić information content (AvgIpc) is 3.57. The molecule has 1 aliphatic carbocycles. The molecule has 0 N–H and O–H groups in total. The Morgan fingerprint density at radius 1 is 0.357 bits per heavy atom. The van der Waals surface area contributed by atoms with E-state index in [1.54, 1.807) is 0 Å². The Kier molecular flexibility index (Phi) is 6.81. The van der Waals surface area contributed by atoms with Gasteiger partial charge in [-0.3, -0.25) is 0 Å². The SMILES string of the molecule is c1ccc(-c2ccc(-c3nc(-c4cccc5c4C4(c6ccccc6-5)c5ccc6ccccc6c5Sc5c4ccc4ccccc54)nc4ccccc34)cc2)cc1. The van der Waals surface area contributed by atoms with Crippen molar-refractivity contribution >= 4 is 44.2 Å². The zero-order valence-electron chi connectivity index (χ0n) is 30.3. The first-order valence-corrected chi connectivity index (χ1v) is 20.0. The van der Waals surface area contributed by atoms with Crippen molar-refractivity contribution in [3.63, 3.8) is 0 Å². The predicted molar refractivity (Wildman–Crippen MR) is 232 cm³/mol. The van der Waals surface area contributed by atoms with Crippen LogP contribution >= 0.6 is 11.8 Å². The van der Waals surface area contributed by atoms with Gasteiger partial charge in [0.1, 0.15) is 0 Å². The maximum absolute atomic E-state index is 5.56. The first-order chi connectivity index (χ1) is 27.8. The highest BCUT2D eigenvalue weighted by atomic mass is 32.2. The Hall–Kier alpha value is -6.81. The van der Waals surface area contributed by atoms with Crippen LogP contribution in [0.2, 0.25) is 0 Å². The maximum atomic E-state index is 5.56. The molecule has 1 spiro atoms. The van der Waals surface area contributed by atoms with Crippen LogP contribution in [-0.2, 0) is 5.41 Å². The molecule has 1 aliphatic heterocycles. The van der Waals surface area contributed by atoms with Crippen molar-refractivity contribution in [3.05, 3.63) is 216 Å². The molecule has 2 nitrogen and oxygen atoms in total. The van der Waals surface area contributed by atoms with Crippen LogP contribution in [0, 0.1) is 0 Å². The summed E-state index contributed by atoms with van der Waals surface area (Å²) < 4.78 is 0.